The average Bonchev–Trinajstić information content (AvgIpc) is 3.39. The second kappa shape index (κ2) is 8.87. The SMILES string of the molecule is Cc1cc(-c2cnn3cccnc23)ncc1-n1c(=O)n(CC(=O)N[C@@H](C)C(F)(F)F)c2cccc(C)c21. The number of halogens is 3. The Balaban J connectivity index is 1.59. The maximum Gasteiger partial charge on any atom is 0.408 e. The van der Waals surface area contributed by atoms with Crippen molar-refractivity contribution < 1.29 is 18.0 Å². The molecule has 1 N–H and O–H groups in total. The Bertz CT molecular complexity index is 1720. The molecule has 0 spiro atoms. The number of rotatable bonds is 5. The minimum atomic E-state index is -4.59. The van der Waals surface area contributed by atoms with E-state index < -0.39 is 30.4 Å². The summed E-state index contributed by atoms with van der Waals surface area (Å²) in [5, 5.41) is 6.20. The molecule has 5 aromatic rings. The smallest absolute Gasteiger partial charge is 0.343 e. The number of imidazole rings is 1. The molecule has 0 radical (unpaired) electrons. The molecule has 1 amide bonds. The molecule has 0 aliphatic carbocycles. The van der Waals surface area contributed by atoms with Crippen molar-refractivity contribution in [3.8, 4) is 16.9 Å². The van der Waals surface area contributed by atoms with E-state index in [0.29, 0.717) is 28.1 Å². The highest BCUT2D eigenvalue weighted by molar-refractivity contribution is 5.85. The number of carbonyl (C=O) groups is 1. The number of nitrogens with zero attached hydrogens (tertiary/aromatic N) is 6. The Labute approximate surface area is 208 Å². The van der Waals surface area contributed by atoms with Gasteiger partial charge in [-0.3, -0.25) is 18.9 Å². The molecule has 4 aromatic heterocycles. The van der Waals surface area contributed by atoms with Crippen LogP contribution in [0, 0.1) is 13.8 Å². The van der Waals surface area contributed by atoms with E-state index in [-0.39, 0.29) is 0 Å². The minimum absolute atomic E-state index is 0.426. The molecule has 0 saturated heterocycles. The van der Waals surface area contributed by atoms with Gasteiger partial charge in [-0.2, -0.15) is 18.3 Å². The zero-order chi connectivity index (χ0) is 26.5. The zero-order valence-corrected chi connectivity index (χ0v) is 20.1. The summed E-state index contributed by atoms with van der Waals surface area (Å²) in [6, 6.07) is 6.73. The highest BCUT2D eigenvalue weighted by atomic mass is 19.4. The van der Waals surface area contributed by atoms with Crippen molar-refractivity contribution in [3.05, 3.63) is 76.7 Å². The molecular weight excluding hydrogens is 487 g/mol. The van der Waals surface area contributed by atoms with Gasteiger partial charge in [0, 0.05) is 12.4 Å². The van der Waals surface area contributed by atoms with Crippen LogP contribution in [-0.4, -0.2) is 46.8 Å². The number of hydrogen-bond donors (Lipinski definition) is 1. The molecule has 190 valence electrons. The molecule has 1 aromatic carbocycles. The number of benzene rings is 1. The van der Waals surface area contributed by atoms with Crippen molar-refractivity contribution >= 4 is 22.6 Å². The number of nitrogens with one attached hydrogen (secondary N) is 1. The van der Waals surface area contributed by atoms with E-state index in [9.17, 15) is 22.8 Å². The first-order valence-corrected chi connectivity index (χ1v) is 11.4. The van der Waals surface area contributed by atoms with Gasteiger partial charge in [0.05, 0.1) is 40.4 Å². The highest BCUT2D eigenvalue weighted by Crippen LogP contribution is 2.27. The first-order chi connectivity index (χ1) is 17.6. The van der Waals surface area contributed by atoms with E-state index in [2.05, 4.69) is 15.1 Å². The molecule has 37 heavy (non-hydrogen) atoms. The lowest BCUT2D eigenvalue weighted by Crippen LogP contribution is -2.45. The first-order valence-electron chi connectivity index (χ1n) is 11.4. The fraction of sp³-hybridized carbons (Fsp3) is 0.240. The van der Waals surface area contributed by atoms with Crippen molar-refractivity contribution in [1.29, 1.82) is 0 Å². The monoisotopic (exact) mass is 509 g/mol. The highest BCUT2D eigenvalue weighted by Gasteiger charge is 2.37. The molecule has 0 aliphatic heterocycles. The van der Waals surface area contributed by atoms with Crippen LogP contribution < -0.4 is 11.0 Å². The van der Waals surface area contributed by atoms with Crippen molar-refractivity contribution in [2.75, 3.05) is 0 Å². The van der Waals surface area contributed by atoms with E-state index in [1.807, 2.05) is 31.3 Å². The molecule has 0 unspecified atom stereocenters. The third kappa shape index (κ3) is 4.24. The number of alkyl halides is 3. The molecule has 5 rings (SSSR count). The van der Waals surface area contributed by atoms with Crippen molar-refractivity contribution in [1.82, 2.24) is 34.0 Å². The molecule has 9 nitrogen and oxygen atoms in total. The lowest BCUT2D eigenvalue weighted by molar-refractivity contribution is -0.158. The topological polar surface area (TPSA) is 99.1 Å². The van der Waals surface area contributed by atoms with Crippen LogP contribution in [0.1, 0.15) is 18.1 Å². The molecule has 0 aliphatic rings. The number of para-hydroxylation sites is 1. The average molecular weight is 509 g/mol. The van der Waals surface area contributed by atoms with Crippen LogP contribution in [0.4, 0.5) is 13.2 Å². The Morgan fingerprint density at radius 3 is 2.62 bits per heavy atom. The Morgan fingerprint density at radius 2 is 1.89 bits per heavy atom. The van der Waals surface area contributed by atoms with Gasteiger partial charge in [-0.15, -0.1) is 0 Å². The van der Waals surface area contributed by atoms with Crippen LogP contribution in [0.3, 0.4) is 0 Å². The molecule has 0 saturated carbocycles. The molecular formula is C25H22F3N7O2. The van der Waals surface area contributed by atoms with Gasteiger partial charge < -0.3 is 5.32 Å². The van der Waals surface area contributed by atoms with E-state index >= 15 is 0 Å². The zero-order valence-electron chi connectivity index (χ0n) is 20.1. The number of amides is 1. The number of aromatic nitrogens is 6. The van der Waals surface area contributed by atoms with E-state index in [1.54, 1.807) is 47.5 Å². The van der Waals surface area contributed by atoms with Crippen molar-refractivity contribution in [2.45, 2.75) is 39.5 Å². The predicted octanol–water partition coefficient (Wildman–Crippen LogP) is 3.58. The van der Waals surface area contributed by atoms with Gasteiger partial charge in [-0.05, 0) is 50.1 Å². The Morgan fingerprint density at radius 1 is 1.11 bits per heavy atom. The molecule has 0 bridgehead atoms. The van der Waals surface area contributed by atoms with Gasteiger partial charge >= 0.3 is 11.9 Å². The summed E-state index contributed by atoms with van der Waals surface area (Å²) in [5.74, 6) is -0.918. The van der Waals surface area contributed by atoms with Crippen LogP contribution in [0.5, 0.6) is 0 Å². The number of aryl methyl sites for hydroxylation is 2. The molecule has 4 heterocycles. The van der Waals surface area contributed by atoms with Crippen LogP contribution in [0.15, 0.2) is 59.9 Å². The van der Waals surface area contributed by atoms with Crippen LogP contribution in [0.25, 0.3) is 33.6 Å². The number of carbonyl (C=O) groups excluding carboxylic acids is 1. The number of hydrogen-bond acceptors (Lipinski definition) is 5. The van der Waals surface area contributed by atoms with Gasteiger partial charge in [0.25, 0.3) is 0 Å². The van der Waals surface area contributed by atoms with Gasteiger partial charge in [0.1, 0.15) is 12.6 Å². The molecule has 0 fully saturated rings. The van der Waals surface area contributed by atoms with Crippen LogP contribution in [0.2, 0.25) is 0 Å². The summed E-state index contributed by atoms with van der Waals surface area (Å²) in [5.41, 5.74) is 4.34. The van der Waals surface area contributed by atoms with E-state index in [0.717, 1.165) is 23.6 Å². The lowest BCUT2D eigenvalue weighted by atomic mass is 10.1. The lowest BCUT2D eigenvalue weighted by Gasteiger charge is -2.17. The normalized spacial score (nSPS) is 12.8. The maximum atomic E-state index is 13.6. The molecule has 12 heteroatoms. The summed E-state index contributed by atoms with van der Waals surface area (Å²) in [7, 11) is 0. The summed E-state index contributed by atoms with van der Waals surface area (Å²) < 4.78 is 43.0. The Kier molecular flexibility index (Phi) is 5.81. The second-order valence-electron chi connectivity index (χ2n) is 8.78. The third-order valence-corrected chi connectivity index (χ3v) is 6.20. The van der Waals surface area contributed by atoms with E-state index in [4.69, 9.17) is 0 Å². The first kappa shape index (κ1) is 24.2. The molecule has 1 atom stereocenters. The van der Waals surface area contributed by atoms with E-state index in [1.165, 1.54) is 9.13 Å². The number of fused-ring (bicyclic) bond motifs is 2. The van der Waals surface area contributed by atoms with Gasteiger partial charge in [0.2, 0.25) is 5.91 Å². The summed E-state index contributed by atoms with van der Waals surface area (Å²) in [6.07, 6.45) is 2.06. The summed E-state index contributed by atoms with van der Waals surface area (Å²) in [6.45, 7) is 3.93. The van der Waals surface area contributed by atoms with Gasteiger partial charge in [-0.25, -0.2) is 14.3 Å². The number of pyridine rings is 1. The summed E-state index contributed by atoms with van der Waals surface area (Å²) in [4.78, 5) is 34.9. The quantitative estimate of drug-likeness (QED) is 0.391. The summed E-state index contributed by atoms with van der Waals surface area (Å²) >= 11 is 0. The van der Waals surface area contributed by atoms with Crippen molar-refractivity contribution in [3.63, 3.8) is 0 Å². The largest absolute Gasteiger partial charge is 0.408 e. The Hall–Kier alpha value is -4.48. The minimum Gasteiger partial charge on any atom is -0.343 e. The third-order valence-electron chi connectivity index (χ3n) is 6.20. The van der Waals surface area contributed by atoms with Gasteiger partial charge in [-0.1, -0.05) is 12.1 Å². The fourth-order valence-corrected chi connectivity index (χ4v) is 4.30. The maximum absolute atomic E-state index is 13.6. The standard InChI is InChI=1S/C25H22F3N7O2/c1-14-6-4-7-19-22(14)35(24(37)33(19)13-21(36)32-16(3)25(26,27)28)20-12-30-18(10-15(20)2)17-11-31-34-9-5-8-29-23(17)34/h4-12,16H,13H2,1-3H3,(H,32,36)/t16-/m0/s1. The van der Waals surface area contributed by atoms with Crippen LogP contribution in [-0.2, 0) is 11.3 Å². The van der Waals surface area contributed by atoms with Crippen molar-refractivity contribution in [2.24, 2.45) is 0 Å². The van der Waals surface area contributed by atoms with Crippen LogP contribution >= 0.6 is 0 Å². The fourth-order valence-electron chi connectivity index (χ4n) is 4.30. The predicted molar refractivity (Wildman–Crippen MR) is 130 cm³/mol. The second-order valence-corrected chi connectivity index (χ2v) is 8.78. The van der Waals surface area contributed by atoms with Gasteiger partial charge in [0.15, 0.2) is 5.65 Å².